The van der Waals surface area contributed by atoms with Crippen molar-refractivity contribution >= 4 is 21.9 Å². The Morgan fingerprint density at radius 1 is 1.25 bits per heavy atom. The summed E-state index contributed by atoms with van der Waals surface area (Å²) < 4.78 is 57.5. The number of benzene rings is 1. The van der Waals surface area contributed by atoms with Crippen LogP contribution in [0.3, 0.4) is 0 Å². The Morgan fingerprint density at radius 3 is 2.10 bits per heavy atom. The van der Waals surface area contributed by atoms with Gasteiger partial charge in [0.15, 0.2) is 0 Å². The summed E-state index contributed by atoms with van der Waals surface area (Å²) in [6, 6.07) is 8.99. The maximum atomic E-state index is 10.7. The van der Waals surface area contributed by atoms with Crippen molar-refractivity contribution in [1.29, 1.82) is 0 Å². The Bertz CT molecular complexity index is 518. The van der Waals surface area contributed by atoms with Gasteiger partial charge in [0.1, 0.15) is 0 Å². The quantitative estimate of drug-likeness (QED) is 0.626. The minimum absolute atomic E-state index is 0.783. The molecule has 1 unspecified atom stereocenters. The third-order valence-electron chi connectivity index (χ3n) is 2.67. The average Bonchev–Trinajstić information content (AvgIpc) is 2.81. The molecule has 3 nitrogen and oxygen atoms in total. The van der Waals surface area contributed by atoms with Crippen LogP contribution in [0.1, 0.15) is 29.2 Å². The van der Waals surface area contributed by atoms with E-state index in [-0.39, 0.29) is 0 Å². The van der Waals surface area contributed by atoms with E-state index in [9.17, 15) is 13.2 Å². The van der Waals surface area contributed by atoms with Gasteiger partial charge in [0.05, 0.1) is 0 Å². The second kappa shape index (κ2) is 6.82. The summed E-state index contributed by atoms with van der Waals surface area (Å²) in [6.45, 7) is 2.14. The minimum atomic E-state index is -5.84. The largest absolute Gasteiger partial charge is 0.522 e. The summed E-state index contributed by atoms with van der Waals surface area (Å²) in [7, 11) is -5.84. The number of aryl methyl sites for hydroxylation is 1. The molecule has 0 bridgehead atoms. The molecular weight excluding hydrogens is 313 g/mol. The van der Waals surface area contributed by atoms with Crippen molar-refractivity contribution in [2.45, 2.75) is 30.5 Å². The van der Waals surface area contributed by atoms with Gasteiger partial charge in [0.2, 0.25) is 0 Å². The van der Waals surface area contributed by atoms with Crippen LogP contribution in [0.15, 0.2) is 24.3 Å². The van der Waals surface area contributed by atoms with E-state index in [1.807, 2.05) is 0 Å². The molecule has 1 heterocycles. The molecule has 0 amide bonds. The normalized spacial score (nSPS) is 19.4. The number of rotatable bonds is 1. The molecule has 114 valence electrons. The first-order valence-corrected chi connectivity index (χ1v) is 8.32. The molecule has 0 aromatic heterocycles. The van der Waals surface area contributed by atoms with E-state index in [1.165, 1.54) is 29.7 Å². The van der Waals surface area contributed by atoms with E-state index >= 15 is 0 Å². The summed E-state index contributed by atoms with van der Waals surface area (Å²) in [4.78, 5) is 0. The number of halogens is 3. The summed E-state index contributed by atoms with van der Waals surface area (Å²) in [5, 5.41) is 0.783. The third kappa shape index (κ3) is 5.34. The average molecular weight is 328 g/mol. The molecule has 0 radical (unpaired) electrons. The SMILES string of the molecule is Cc1ccc(C2CCCS2)cc1.O=S(=O)(O)C(F)(F)F. The Labute approximate surface area is 120 Å². The van der Waals surface area contributed by atoms with Crippen LogP contribution in [0.2, 0.25) is 0 Å². The highest BCUT2D eigenvalue weighted by atomic mass is 32.2. The lowest BCUT2D eigenvalue weighted by Crippen LogP contribution is -2.21. The molecule has 0 spiro atoms. The lowest BCUT2D eigenvalue weighted by atomic mass is 10.1. The molecule has 1 aliphatic heterocycles. The predicted molar refractivity (Wildman–Crippen MR) is 73.2 cm³/mol. The van der Waals surface area contributed by atoms with Gasteiger partial charge in [0.25, 0.3) is 0 Å². The minimum Gasteiger partial charge on any atom is -0.279 e. The fourth-order valence-electron chi connectivity index (χ4n) is 1.62. The number of hydrogen-bond donors (Lipinski definition) is 1. The zero-order chi connectivity index (χ0) is 15.4. The lowest BCUT2D eigenvalue weighted by molar-refractivity contribution is -0.0510. The van der Waals surface area contributed by atoms with Crippen molar-refractivity contribution in [2.24, 2.45) is 0 Å². The first-order chi connectivity index (χ1) is 9.11. The molecule has 1 N–H and O–H groups in total. The van der Waals surface area contributed by atoms with Gasteiger partial charge in [-0.3, -0.25) is 4.55 Å². The maximum absolute atomic E-state index is 10.7. The Balaban J connectivity index is 0.000000221. The van der Waals surface area contributed by atoms with E-state index in [2.05, 4.69) is 43.0 Å². The molecule has 1 atom stereocenters. The van der Waals surface area contributed by atoms with Gasteiger partial charge in [-0.1, -0.05) is 29.8 Å². The van der Waals surface area contributed by atoms with Crippen LogP contribution in [0, 0.1) is 6.92 Å². The topological polar surface area (TPSA) is 54.4 Å². The van der Waals surface area contributed by atoms with Crippen LogP contribution in [-0.4, -0.2) is 24.2 Å². The van der Waals surface area contributed by atoms with Crippen molar-refractivity contribution in [3.05, 3.63) is 35.4 Å². The van der Waals surface area contributed by atoms with E-state index in [0.29, 0.717) is 0 Å². The van der Waals surface area contributed by atoms with Crippen LogP contribution in [0.25, 0.3) is 0 Å². The Morgan fingerprint density at radius 2 is 1.75 bits per heavy atom. The van der Waals surface area contributed by atoms with Gasteiger partial charge < -0.3 is 0 Å². The Kier molecular flexibility index (Phi) is 5.91. The van der Waals surface area contributed by atoms with E-state index in [1.54, 1.807) is 0 Å². The molecule has 1 fully saturated rings. The zero-order valence-corrected chi connectivity index (χ0v) is 12.4. The van der Waals surface area contributed by atoms with E-state index in [4.69, 9.17) is 13.0 Å². The van der Waals surface area contributed by atoms with Gasteiger partial charge in [0, 0.05) is 5.25 Å². The molecule has 1 aliphatic rings. The molecule has 20 heavy (non-hydrogen) atoms. The van der Waals surface area contributed by atoms with Gasteiger partial charge >= 0.3 is 15.6 Å². The smallest absolute Gasteiger partial charge is 0.279 e. The predicted octanol–water partition coefficient (Wildman–Crippen LogP) is 3.96. The van der Waals surface area contributed by atoms with Crippen molar-refractivity contribution in [3.63, 3.8) is 0 Å². The third-order valence-corrected chi connectivity index (χ3v) is 4.69. The molecular formula is C12H15F3O3S2. The number of alkyl halides is 3. The number of hydrogen-bond acceptors (Lipinski definition) is 3. The lowest BCUT2D eigenvalue weighted by Gasteiger charge is -2.08. The summed E-state index contributed by atoms with van der Waals surface area (Å²) in [6.07, 6.45) is 2.76. The monoisotopic (exact) mass is 328 g/mol. The van der Waals surface area contributed by atoms with Crippen molar-refractivity contribution in [2.75, 3.05) is 5.75 Å². The van der Waals surface area contributed by atoms with Gasteiger partial charge in [-0.25, -0.2) is 0 Å². The molecule has 0 aliphatic carbocycles. The highest BCUT2D eigenvalue weighted by molar-refractivity contribution is 7.99. The van der Waals surface area contributed by atoms with Gasteiger partial charge in [-0.05, 0) is 31.1 Å². The second-order valence-electron chi connectivity index (χ2n) is 4.33. The van der Waals surface area contributed by atoms with Crippen LogP contribution in [0.5, 0.6) is 0 Å². The highest BCUT2D eigenvalue weighted by Crippen LogP contribution is 2.39. The number of thioether (sulfide) groups is 1. The summed E-state index contributed by atoms with van der Waals surface area (Å²) >= 11 is 2.10. The second-order valence-corrected chi connectivity index (χ2v) is 7.06. The molecule has 1 saturated heterocycles. The van der Waals surface area contributed by atoms with Crippen LogP contribution in [0.4, 0.5) is 13.2 Å². The highest BCUT2D eigenvalue weighted by Gasteiger charge is 2.44. The van der Waals surface area contributed by atoms with Crippen LogP contribution in [-0.2, 0) is 10.1 Å². The molecule has 0 saturated carbocycles. The van der Waals surface area contributed by atoms with Crippen molar-refractivity contribution in [3.8, 4) is 0 Å². The van der Waals surface area contributed by atoms with Gasteiger partial charge in [-0.2, -0.15) is 33.4 Å². The first kappa shape index (κ1) is 17.3. The Hall–Kier alpha value is -0.730. The van der Waals surface area contributed by atoms with E-state index in [0.717, 1.165) is 5.25 Å². The molecule has 1 aromatic carbocycles. The first-order valence-electron chi connectivity index (χ1n) is 5.83. The van der Waals surface area contributed by atoms with Crippen molar-refractivity contribution in [1.82, 2.24) is 0 Å². The standard InChI is InChI=1S/C11H14S.CHF3O3S/c1-9-4-6-10(7-5-9)11-3-2-8-12-11;2-1(3,4)8(5,6)7/h4-7,11H,2-3,8H2,1H3;(H,5,6,7). The van der Waals surface area contributed by atoms with Crippen LogP contribution >= 0.6 is 11.8 Å². The summed E-state index contributed by atoms with van der Waals surface area (Å²) in [5.74, 6) is 1.35. The molecule has 2 rings (SSSR count). The van der Waals surface area contributed by atoms with E-state index < -0.39 is 15.6 Å². The molecule has 1 aromatic rings. The summed E-state index contributed by atoms with van der Waals surface area (Å²) in [5.41, 5.74) is -2.66. The molecule has 8 heteroatoms. The van der Waals surface area contributed by atoms with Crippen molar-refractivity contribution < 1.29 is 26.1 Å². The fourth-order valence-corrected chi connectivity index (χ4v) is 2.92. The van der Waals surface area contributed by atoms with Gasteiger partial charge in [-0.15, -0.1) is 0 Å². The maximum Gasteiger partial charge on any atom is 0.522 e. The fraction of sp³-hybridized carbons (Fsp3) is 0.500. The van der Waals surface area contributed by atoms with Crippen LogP contribution < -0.4 is 0 Å². The zero-order valence-electron chi connectivity index (χ0n) is 10.7.